The lowest BCUT2D eigenvalue weighted by Gasteiger charge is -2.10. The van der Waals surface area contributed by atoms with Crippen molar-refractivity contribution in [1.29, 1.82) is 0 Å². The molecule has 3 aromatic rings. The van der Waals surface area contributed by atoms with Gasteiger partial charge in [-0.15, -0.1) is 0 Å². The number of nitrogens with zero attached hydrogens (tertiary/aromatic N) is 1. The summed E-state index contributed by atoms with van der Waals surface area (Å²) < 4.78 is 10.9. The van der Waals surface area contributed by atoms with E-state index in [4.69, 9.17) is 9.26 Å². The average molecular weight is 308 g/mol. The highest BCUT2D eigenvalue weighted by molar-refractivity contribution is 5.86. The maximum atomic E-state index is 12.2. The number of carbonyl (C=O) groups is 1. The lowest BCUT2D eigenvalue weighted by molar-refractivity contribution is -0.120. The number of benzene rings is 2. The van der Waals surface area contributed by atoms with Crippen LogP contribution in [0.1, 0.15) is 17.2 Å². The molecule has 1 unspecified atom stereocenters. The Morgan fingerprint density at radius 2 is 2.00 bits per heavy atom. The number of para-hydroxylation sites is 2. The molecule has 1 aliphatic heterocycles. The Morgan fingerprint density at radius 3 is 2.96 bits per heavy atom. The number of nitrogens with one attached hydrogen (secondary N) is 1. The molecule has 2 aromatic carbocycles. The Kier molecular flexibility index (Phi) is 3.46. The summed E-state index contributed by atoms with van der Waals surface area (Å²) in [4.78, 5) is 12.2. The molecular weight excluding hydrogens is 292 g/mol. The van der Waals surface area contributed by atoms with Crippen molar-refractivity contribution in [3.8, 4) is 5.75 Å². The summed E-state index contributed by atoms with van der Waals surface area (Å²) in [7, 11) is 0. The number of carbonyl (C=O) groups excluding carboxylic acids is 1. The van der Waals surface area contributed by atoms with Gasteiger partial charge in [0.15, 0.2) is 5.58 Å². The Hall–Kier alpha value is -2.82. The average Bonchev–Trinajstić information content (AvgIpc) is 3.18. The molecule has 1 N–H and O–H groups in total. The number of rotatable bonds is 4. The molecule has 5 heteroatoms. The maximum Gasteiger partial charge on any atom is 0.226 e. The summed E-state index contributed by atoms with van der Waals surface area (Å²) in [5, 5.41) is 7.84. The van der Waals surface area contributed by atoms with E-state index in [0.29, 0.717) is 24.4 Å². The lowest BCUT2D eigenvalue weighted by Crippen LogP contribution is -2.30. The third-order valence-electron chi connectivity index (χ3n) is 4.12. The van der Waals surface area contributed by atoms with Gasteiger partial charge in [0, 0.05) is 23.4 Å². The Morgan fingerprint density at radius 1 is 1.17 bits per heavy atom. The van der Waals surface area contributed by atoms with Crippen molar-refractivity contribution >= 4 is 16.9 Å². The number of hydrogen-bond acceptors (Lipinski definition) is 4. The second-order valence-corrected chi connectivity index (χ2v) is 5.65. The summed E-state index contributed by atoms with van der Waals surface area (Å²) in [6.07, 6.45) is 0.215. The van der Waals surface area contributed by atoms with Crippen molar-refractivity contribution in [2.45, 2.75) is 12.3 Å². The largest absolute Gasteiger partial charge is 0.493 e. The highest BCUT2D eigenvalue weighted by atomic mass is 16.5. The van der Waals surface area contributed by atoms with Crippen LogP contribution in [0, 0.1) is 0 Å². The fourth-order valence-corrected chi connectivity index (χ4v) is 2.92. The van der Waals surface area contributed by atoms with E-state index in [-0.39, 0.29) is 18.2 Å². The molecule has 0 radical (unpaired) electrons. The molecule has 0 fully saturated rings. The van der Waals surface area contributed by atoms with E-state index in [1.54, 1.807) is 0 Å². The van der Waals surface area contributed by atoms with Crippen LogP contribution in [0.5, 0.6) is 5.75 Å². The first-order valence-corrected chi connectivity index (χ1v) is 7.63. The van der Waals surface area contributed by atoms with Crippen LogP contribution in [0.25, 0.3) is 11.0 Å². The van der Waals surface area contributed by atoms with Gasteiger partial charge in [0.1, 0.15) is 11.4 Å². The standard InChI is InChI=1S/C18H16N2O3/c21-18(9-15-14-6-2-4-8-17(14)23-20-15)19-10-12-11-22-16-7-3-1-5-13(12)16/h1-8,12H,9-11H2,(H,19,21). The van der Waals surface area contributed by atoms with E-state index in [1.165, 1.54) is 0 Å². The van der Waals surface area contributed by atoms with Gasteiger partial charge in [-0.25, -0.2) is 0 Å². The van der Waals surface area contributed by atoms with Gasteiger partial charge in [-0.2, -0.15) is 0 Å². The predicted molar refractivity (Wildman–Crippen MR) is 85.4 cm³/mol. The zero-order valence-electron chi connectivity index (χ0n) is 12.5. The fraction of sp³-hybridized carbons (Fsp3) is 0.222. The minimum atomic E-state index is -0.0616. The molecule has 116 valence electrons. The smallest absolute Gasteiger partial charge is 0.226 e. The van der Waals surface area contributed by atoms with Gasteiger partial charge in [0.05, 0.1) is 13.0 Å². The number of aromatic nitrogens is 1. The van der Waals surface area contributed by atoms with Crippen LogP contribution in [0.15, 0.2) is 53.1 Å². The molecule has 0 saturated carbocycles. The summed E-state index contributed by atoms with van der Waals surface area (Å²) in [6.45, 7) is 1.16. The summed E-state index contributed by atoms with van der Waals surface area (Å²) in [5.74, 6) is 1.05. The minimum absolute atomic E-state index is 0.0616. The van der Waals surface area contributed by atoms with Gasteiger partial charge in [0.25, 0.3) is 0 Å². The van der Waals surface area contributed by atoms with Gasteiger partial charge in [-0.3, -0.25) is 4.79 Å². The fourth-order valence-electron chi connectivity index (χ4n) is 2.92. The van der Waals surface area contributed by atoms with Gasteiger partial charge >= 0.3 is 0 Å². The van der Waals surface area contributed by atoms with E-state index in [2.05, 4.69) is 10.5 Å². The van der Waals surface area contributed by atoms with Crippen LogP contribution in [0.2, 0.25) is 0 Å². The quantitative estimate of drug-likeness (QED) is 0.805. The van der Waals surface area contributed by atoms with E-state index in [0.717, 1.165) is 16.7 Å². The molecule has 1 amide bonds. The summed E-state index contributed by atoms with van der Waals surface area (Å²) >= 11 is 0. The molecular formula is C18H16N2O3. The van der Waals surface area contributed by atoms with Crippen LogP contribution >= 0.6 is 0 Å². The highest BCUT2D eigenvalue weighted by Crippen LogP contribution is 2.32. The van der Waals surface area contributed by atoms with Crippen molar-refractivity contribution < 1.29 is 14.1 Å². The Bertz CT molecular complexity index is 856. The van der Waals surface area contributed by atoms with E-state index < -0.39 is 0 Å². The van der Waals surface area contributed by atoms with E-state index >= 15 is 0 Å². The van der Waals surface area contributed by atoms with Crippen molar-refractivity contribution in [1.82, 2.24) is 10.5 Å². The first-order valence-electron chi connectivity index (χ1n) is 7.63. The summed E-state index contributed by atoms with van der Waals surface area (Å²) in [5.41, 5.74) is 2.52. The molecule has 0 aliphatic carbocycles. The van der Waals surface area contributed by atoms with Crippen LogP contribution in [0.3, 0.4) is 0 Å². The SMILES string of the molecule is O=C(Cc1noc2ccccc12)NCC1COc2ccccc21. The number of fused-ring (bicyclic) bond motifs is 2. The van der Waals surface area contributed by atoms with Gasteiger partial charge in [-0.05, 0) is 18.2 Å². The molecule has 5 nitrogen and oxygen atoms in total. The van der Waals surface area contributed by atoms with E-state index in [9.17, 15) is 4.79 Å². The number of ether oxygens (including phenoxy) is 1. The molecule has 2 heterocycles. The Balaban J connectivity index is 1.40. The van der Waals surface area contributed by atoms with Crippen LogP contribution < -0.4 is 10.1 Å². The molecule has 4 rings (SSSR count). The zero-order chi connectivity index (χ0) is 15.6. The molecule has 0 saturated heterocycles. The number of amides is 1. The normalized spacial score (nSPS) is 16.1. The summed E-state index contributed by atoms with van der Waals surface area (Å²) in [6, 6.07) is 15.5. The lowest BCUT2D eigenvalue weighted by atomic mass is 10.0. The van der Waals surface area contributed by atoms with Crippen LogP contribution in [-0.2, 0) is 11.2 Å². The predicted octanol–water partition coefficient (Wildman–Crippen LogP) is 2.66. The number of hydrogen-bond donors (Lipinski definition) is 1. The highest BCUT2D eigenvalue weighted by Gasteiger charge is 2.24. The van der Waals surface area contributed by atoms with Gasteiger partial charge in [0.2, 0.25) is 5.91 Å². The first-order chi connectivity index (χ1) is 11.3. The molecule has 1 atom stereocenters. The monoisotopic (exact) mass is 308 g/mol. The molecule has 0 spiro atoms. The van der Waals surface area contributed by atoms with E-state index in [1.807, 2.05) is 48.5 Å². The second kappa shape index (κ2) is 5.76. The maximum absolute atomic E-state index is 12.2. The molecule has 1 aliphatic rings. The molecule has 0 bridgehead atoms. The zero-order valence-corrected chi connectivity index (χ0v) is 12.5. The van der Waals surface area contributed by atoms with Gasteiger partial charge in [-0.1, -0.05) is 35.5 Å². The van der Waals surface area contributed by atoms with Gasteiger partial charge < -0.3 is 14.6 Å². The molecule has 23 heavy (non-hydrogen) atoms. The molecule has 1 aromatic heterocycles. The van der Waals surface area contributed by atoms with Crippen LogP contribution in [0.4, 0.5) is 0 Å². The van der Waals surface area contributed by atoms with Crippen molar-refractivity contribution in [2.75, 3.05) is 13.2 Å². The van der Waals surface area contributed by atoms with Crippen LogP contribution in [-0.4, -0.2) is 24.2 Å². The first kappa shape index (κ1) is 13.8. The van der Waals surface area contributed by atoms with Crippen molar-refractivity contribution in [3.63, 3.8) is 0 Å². The third-order valence-corrected chi connectivity index (χ3v) is 4.12. The minimum Gasteiger partial charge on any atom is -0.493 e. The topological polar surface area (TPSA) is 64.4 Å². The van der Waals surface area contributed by atoms with Crippen molar-refractivity contribution in [2.24, 2.45) is 0 Å². The van der Waals surface area contributed by atoms with Crippen molar-refractivity contribution in [3.05, 3.63) is 59.8 Å². The Labute approximate surface area is 133 Å². The third kappa shape index (κ3) is 2.65. The second-order valence-electron chi connectivity index (χ2n) is 5.65.